The van der Waals surface area contributed by atoms with Crippen LogP contribution in [0.1, 0.15) is 23.3 Å². The third-order valence-corrected chi connectivity index (χ3v) is 3.54. The Kier molecular flexibility index (Phi) is 3.48. The van der Waals surface area contributed by atoms with Crippen LogP contribution in [0.3, 0.4) is 0 Å². The molecule has 0 unspecified atom stereocenters. The SMILES string of the molecule is Nc1nc(C(=O)NC2(C(=O)O)CCOCC2)cs1. The first-order chi connectivity index (χ1) is 8.53. The Labute approximate surface area is 107 Å². The normalized spacial score (nSPS) is 18.2. The van der Waals surface area contributed by atoms with Crippen LogP contribution in [0.4, 0.5) is 5.13 Å². The first-order valence-electron chi connectivity index (χ1n) is 5.38. The molecule has 1 aromatic rings. The number of hydrogen-bond donors (Lipinski definition) is 3. The van der Waals surface area contributed by atoms with Gasteiger partial charge in [-0.05, 0) is 0 Å². The van der Waals surface area contributed by atoms with Gasteiger partial charge in [0.25, 0.3) is 5.91 Å². The van der Waals surface area contributed by atoms with Crippen LogP contribution in [0, 0.1) is 0 Å². The van der Waals surface area contributed by atoms with Crippen LogP contribution < -0.4 is 11.1 Å². The number of rotatable bonds is 3. The fraction of sp³-hybridized carbons (Fsp3) is 0.500. The number of carboxylic acid groups (broad SMARTS) is 1. The van der Waals surface area contributed by atoms with E-state index in [1.54, 1.807) is 0 Å². The summed E-state index contributed by atoms with van der Waals surface area (Å²) in [5, 5.41) is 13.6. The second-order valence-corrected chi connectivity index (χ2v) is 4.91. The minimum Gasteiger partial charge on any atom is -0.480 e. The summed E-state index contributed by atoms with van der Waals surface area (Å²) < 4.78 is 5.12. The van der Waals surface area contributed by atoms with E-state index in [0.717, 1.165) is 11.3 Å². The number of nitrogens with zero attached hydrogens (tertiary/aromatic N) is 1. The van der Waals surface area contributed by atoms with Crippen molar-refractivity contribution in [1.82, 2.24) is 10.3 Å². The number of ether oxygens (including phenoxy) is 1. The first kappa shape index (κ1) is 12.8. The van der Waals surface area contributed by atoms with Crippen molar-refractivity contribution >= 4 is 28.3 Å². The quantitative estimate of drug-likeness (QED) is 0.717. The number of nitrogens with one attached hydrogen (secondary N) is 1. The van der Waals surface area contributed by atoms with Gasteiger partial charge in [-0.25, -0.2) is 9.78 Å². The molecule has 4 N–H and O–H groups in total. The van der Waals surface area contributed by atoms with Gasteiger partial charge in [0.1, 0.15) is 11.2 Å². The van der Waals surface area contributed by atoms with Crippen LogP contribution in [0.15, 0.2) is 5.38 Å². The summed E-state index contributed by atoms with van der Waals surface area (Å²) in [7, 11) is 0. The maximum Gasteiger partial charge on any atom is 0.329 e. The maximum absolute atomic E-state index is 11.9. The van der Waals surface area contributed by atoms with Crippen LogP contribution in [-0.2, 0) is 9.53 Å². The van der Waals surface area contributed by atoms with Crippen LogP contribution in [-0.4, -0.2) is 40.7 Å². The van der Waals surface area contributed by atoms with E-state index >= 15 is 0 Å². The van der Waals surface area contributed by atoms with Crippen molar-refractivity contribution < 1.29 is 19.4 Å². The van der Waals surface area contributed by atoms with Gasteiger partial charge in [0.15, 0.2) is 5.13 Å². The van der Waals surface area contributed by atoms with Gasteiger partial charge in [0, 0.05) is 31.4 Å². The number of amides is 1. The lowest BCUT2D eigenvalue weighted by Gasteiger charge is -2.33. The highest BCUT2D eigenvalue weighted by molar-refractivity contribution is 7.13. The molecule has 8 heteroatoms. The lowest BCUT2D eigenvalue weighted by molar-refractivity contribution is -0.148. The standard InChI is InChI=1S/C10H13N3O4S/c11-9-12-6(5-18-9)7(14)13-10(8(15)16)1-3-17-4-2-10/h5H,1-4H2,(H2,11,12)(H,13,14)(H,15,16). The van der Waals surface area contributed by atoms with E-state index in [1.165, 1.54) is 5.38 Å². The van der Waals surface area contributed by atoms with Gasteiger partial charge in [-0.2, -0.15) is 0 Å². The number of carboxylic acids is 1. The van der Waals surface area contributed by atoms with Gasteiger partial charge >= 0.3 is 5.97 Å². The van der Waals surface area contributed by atoms with Crippen LogP contribution >= 0.6 is 11.3 Å². The van der Waals surface area contributed by atoms with E-state index in [1.807, 2.05) is 0 Å². The molecule has 2 heterocycles. The summed E-state index contributed by atoms with van der Waals surface area (Å²) in [6, 6.07) is 0. The molecular weight excluding hydrogens is 258 g/mol. The van der Waals surface area contributed by atoms with Crippen molar-refractivity contribution in [2.75, 3.05) is 18.9 Å². The van der Waals surface area contributed by atoms with E-state index in [-0.39, 0.29) is 23.7 Å². The molecule has 0 saturated carbocycles. The van der Waals surface area contributed by atoms with E-state index < -0.39 is 17.4 Å². The molecule has 98 valence electrons. The molecule has 1 fully saturated rings. The van der Waals surface area contributed by atoms with Crippen molar-refractivity contribution in [3.8, 4) is 0 Å². The van der Waals surface area contributed by atoms with Crippen molar-refractivity contribution in [2.24, 2.45) is 0 Å². The highest BCUT2D eigenvalue weighted by atomic mass is 32.1. The van der Waals surface area contributed by atoms with Gasteiger partial charge in [0.05, 0.1) is 0 Å². The Bertz CT molecular complexity index is 467. The lowest BCUT2D eigenvalue weighted by Crippen LogP contribution is -2.57. The Morgan fingerprint density at radius 3 is 2.67 bits per heavy atom. The number of hydrogen-bond acceptors (Lipinski definition) is 6. The van der Waals surface area contributed by atoms with E-state index in [2.05, 4.69) is 10.3 Å². The van der Waals surface area contributed by atoms with Gasteiger partial charge in [0.2, 0.25) is 0 Å². The van der Waals surface area contributed by atoms with Gasteiger partial charge in [-0.3, -0.25) is 4.79 Å². The maximum atomic E-state index is 11.9. The molecule has 2 rings (SSSR count). The number of nitrogens with two attached hydrogens (primary N) is 1. The number of carbonyl (C=O) groups is 2. The van der Waals surface area contributed by atoms with E-state index in [9.17, 15) is 14.7 Å². The monoisotopic (exact) mass is 271 g/mol. The summed E-state index contributed by atoms with van der Waals surface area (Å²) in [6.07, 6.45) is 0.487. The summed E-state index contributed by atoms with van der Waals surface area (Å²) in [5.41, 5.74) is 4.31. The fourth-order valence-electron chi connectivity index (χ4n) is 1.79. The Balaban J connectivity index is 2.14. The zero-order chi connectivity index (χ0) is 13.2. The largest absolute Gasteiger partial charge is 0.480 e. The Morgan fingerprint density at radius 1 is 1.50 bits per heavy atom. The Morgan fingerprint density at radius 2 is 2.17 bits per heavy atom. The first-order valence-corrected chi connectivity index (χ1v) is 6.26. The third kappa shape index (κ3) is 2.44. The van der Waals surface area contributed by atoms with Crippen LogP contribution in [0.25, 0.3) is 0 Å². The van der Waals surface area contributed by atoms with Gasteiger partial charge in [-0.15, -0.1) is 11.3 Å². The zero-order valence-electron chi connectivity index (χ0n) is 9.51. The highest BCUT2D eigenvalue weighted by Gasteiger charge is 2.42. The fourth-order valence-corrected chi connectivity index (χ4v) is 2.33. The van der Waals surface area contributed by atoms with Crippen molar-refractivity contribution in [3.63, 3.8) is 0 Å². The minimum atomic E-state index is -1.27. The van der Waals surface area contributed by atoms with Gasteiger partial charge < -0.3 is 20.9 Å². The molecule has 0 spiro atoms. The molecular formula is C10H13N3O4S. The number of anilines is 1. The predicted molar refractivity (Wildman–Crippen MR) is 64.4 cm³/mol. The number of thiazole rings is 1. The number of aliphatic carboxylic acids is 1. The molecule has 1 amide bonds. The average molecular weight is 271 g/mol. The molecule has 7 nitrogen and oxygen atoms in total. The molecule has 0 atom stereocenters. The van der Waals surface area contributed by atoms with Crippen molar-refractivity contribution in [2.45, 2.75) is 18.4 Å². The molecule has 0 aromatic carbocycles. The lowest BCUT2D eigenvalue weighted by atomic mass is 9.90. The molecule has 1 aromatic heterocycles. The summed E-state index contributed by atoms with van der Waals surface area (Å²) in [4.78, 5) is 27.1. The zero-order valence-corrected chi connectivity index (χ0v) is 10.3. The Hall–Kier alpha value is -1.67. The second-order valence-electron chi connectivity index (χ2n) is 4.02. The van der Waals surface area contributed by atoms with Crippen LogP contribution in [0.5, 0.6) is 0 Å². The average Bonchev–Trinajstić information content (AvgIpc) is 2.77. The molecule has 1 aliphatic heterocycles. The molecule has 1 aliphatic rings. The highest BCUT2D eigenvalue weighted by Crippen LogP contribution is 2.22. The number of carbonyl (C=O) groups excluding carboxylic acids is 1. The minimum absolute atomic E-state index is 0.143. The summed E-state index contributed by atoms with van der Waals surface area (Å²) in [6.45, 7) is 0.623. The molecule has 0 radical (unpaired) electrons. The topological polar surface area (TPSA) is 115 Å². The van der Waals surface area contributed by atoms with Crippen molar-refractivity contribution in [1.29, 1.82) is 0 Å². The van der Waals surface area contributed by atoms with Gasteiger partial charge in [-0.1, -0.05) is 0 Å². The third-order valence-electron chi connectivity index (χ3n) is 2.86. The van der Waals surface area contributed by atoms with E-state index in [0.29, 0.717) is 13.2 Å². The summed E-state index contributed by atoms with van der Waals surface area (Å²) >= 11 is 1.14. The predicted octanol–water partition coefficient (Wildman–Crippen LogP) is 0.0889. The number of aromatic nitrogens is 1. The van der Waals surface area contributed by atoms with Crippen LogP contribution in [0.2, 0.25) is 0 Å². The molecule has 0 aliphatic carbocycles. The van der Waals surface area contributed by atoms with Crippen molar-refractivity contribution in [3.05, 3.63) is 11.1 Å². The number of nitrogen functional groups attached to an aromatic ring is 1. The summed E-state index contributed by atoms with van der Waals surface area (Å²) in [5.74, 6) is -1.57. The molecule has 0 bridgehead atoms. The van der Waals surface area contributed by atoms with E-state index in [4.69, 9.17) is 10.5 Å². The molecule has 18 heavy (non-hydrogen) atoms. The molecule has 1 saturated heterocycles. The smallest absolute Gasteiger partial charge is 0.329 e. The second kappa shape index (κ2) is 4.91.